The van der Waals surface area contributed by atoms with Crippen molar-refractivity contribution in [2.75, 3.05) is 24.5 Å². The van der Waals surface area contributed by atoms with E-state index in [4.69, 9.17) is 0 Å². The lowest BCUT2D eigenvalue weighted by molar-refractivity contribution is -0.133. The van der Waals surface area contributed by atoms with Gasteiger partial charge in [-0.25, -0.2) is 13.4 Å². The van der Waals surface area contributed by atoms with Crippen molar-refractivity contribution < 1.29 is 26.4 Å². The summed E-state index contributed by atoms with van der Waals surface area (Å²) in [5.74, 6) is 0.0233. The molecule has 0 bridgehead atoms. The van der Waals surface area contributed by atoms with E-state index < -0.39 is 21.6 Å². The zero-order valence-electron chi connectivity index (χ0n) is 18.0. The van der Waals surface area contributed by atoms with Crippen molar-refractivity contribution in [3.05, 3.63) is 48.0 Å². The van der Waals surface area contributed by atoms with Crippen LogP contribution in [-0.2, 0) is 27.9 Å². The van der Waals surface area contributed by atoms with Gasteiger partial charge in [0.15, 0.2) is 0 Å². The molecule has 8 nitrogen and oxygen atoms in total. The van der Waals surface area contributed by atoms with Gasteiger partial charge in [0.05, 0.1) is 18.6 Å². The first-order chi connectivity index (χ1) is 15.7. The number of para-hydroxylation sites is 1. The first-order valence-corrected chi connectivity index (χ1v) is 12.3. The SMILES string of the molecule is O=C1CCCCN1CC[C@H]1CN(S(=O)(=O)C(F)(F)F)Cc2ccccc2N1Cc1cnc[nH]1. The number of hydrogen-bond donors (Lipinski definition) is 1. The van der Waals surface area contributed by atoms with Crippen LogP contribution in [0.3, 0.4) is 0 Å². The van der Waals surface area contributed by atoms with Crippen molar-refractivity contribution in [1.29, 1.82) is 0 Å². The Hall–Kier alpha value is -2.60. The highest BCUT2D eigenvalue weighted by atomic mass is 32.2. The molecule has 1 saturated heterocycles. The summed E-state index contributed by atoms with van der Waals surface area (Å²) in [5, 5.41) is 0. The van der Waals surface area contributed by atoms with Crippen molar-refractivity contribution in [2.24, 2.45) is 0 Å². The van der Waals surface area contributed by atoms with E-state index in [0.29, 0.717) is 48.0 Å². The van der Waals surface area contributed by atoms with Gasteiger partial charge in [-0.15, -0.1) is 0 Å². The number of imidazole rings is 1. The molecule has 1 fully saturated rings. The minimum Gasteiger partial charge on any atom is -0.361 e. The fourth-order valence-corrected chi connectivity index (χ4v) is 5.43. The zero-order chi connectivity index (χ0) is 23.6. The van der Waals surface area contributed by atoms with Crippen molar-refractivity contribution in [3.63, 3.8) is 0 Å². The van der Waals surface area contributed by atoms with Crippen LogP contribution in [0.5, 0.6) is 0 Å². The lowest BCUT2D eigenvalue weighted by Gasteiger charge is -2.36. The Kier molecular flexibility index (Phi) is 6.66. The summed E-state index contributed by atoms with van der Waals surface area (Å²) in [4.78, 5) is 22.9. The van der Waals surface area contributed by atoms with Crippen LogP contribution in [0.25, 0.3) is 0 Å². The van der Waals surface area contributed by atoms with E-state index in [1.54, 1.807) is 35.4 Å². The molecule has 180 valence electrons. The van der Waals surface area contributed by atoms with Crippen LogP contribution >= 0.6 is 0 Å². The van der Waals surface area contributed by atoms with Gasteiger partial charge in [0, 0.05) is 50.5 Å². The van der Waals surface area contributed by atoms with Crippen LogP contribution < -0.4 is 4.90 Å². The van der Waals surface area contributed by atoms with Crippen molar-refractivity contribution >= 4 is 21.6 Å². The molecule has 4 rings (SSSR count). The smallest absolute Gasteiger partial charge is 0.361 e. The Balaban J connectivity index is 1.70. The number of likely N-dealkylation sites (tertiary alicyclic amines) is 1. The topological polar surface area (TPSA) is 89.6 Å². The summed E-state index contributed by atoms with van der Waals surface area (Å²) >= 11 is 0. The standard InChI is InChI=1S/C21H26F3N5O3S/c22-21(23,24)33(31,32)28-12-16-5-1-2-6-19(16)29(13-17-11-25-15-26-17)18(14-28)8-10-27-9-4-3-7-20(27)30/h1-2,5-6,11,15,18H,3-4,7-10,12-14H2,(H,25,26)/t18-/m0/s1. The number of aromatic nitrogens is 2. The molecule has 2 aromatic rings. The van der Waals surface area contributed by atoms with Gasteiger partial charge in [-0.05, 0) is 30.9 Å². The van der Waals surface area contributed by atoms with Gasteiger partial charge >= 0.3 is 15.5 Å². The number of nitrogens with one attached hydrogen (secondary N) is 1. The van der Waals surface area contributed by atoms with Crippen LogP contribution in [0.2, 0.25) is 0 Å². The second-order valence-electron chi connectivity index (χ2n) is 8.36. The molecule has 0 aliphatic carbocycles. The normalized spacial score (nSPS) is 20.6. The number of benzene rings is 1. The van der Waals surface area contributed by atoms with Crippen LogP contribution in [-0.4, -0.2) is 64.7 Å². The number of rotatable bonds is 6. The van der Waals surface area contributed by atoms with Crippen molar-refractivity contribution in [2.45, 2.75) is 50.3 Å². The number of piperidine rings is 1. The highest BCUT2D eigenvalue weighted by molar-refractivity contribution is 7.89. The summed E-state index contributed by atoms with van der Waals surface area (Å²) < 4.78 is 65.7. The number of anilines is 1. The monoisotopic (exact) mass is 485 g/mol. The molecule has 1 aromatic carbocycles. The number of alkyl halides is 3. The number of amides is 1. The molecule has 0 unspecified atom stereocenters. The van der Waals surface area contributed by atoms with E-state index in [-0.39, 0.29) is 19.0 Å². The minimum atomic E-state index is -5.53. The number of sulfonamides is 1. The molecule has 0 saturated carbocycles. The molecular weight excluding hydrogens is 459 g/mol. The molecule has 1 N–H and O–H groups in total. The zero-order valence-corrected chi connectivity index (χ0v) is 18.8. The molecule has 33 heavy (non-hydrogen) atoms. The molecule has 1 amide bonds. The number of fused-ring (bicyclic) bond motifs is 1. The number of carbonyl (C=O) groups excluding carboxylic acids is 1. The quantitative estimate of drug-likeness (QED) is 0.680. The Morgan fingerprint density at radius 3 is 2.67 bits per heavy atom. The van der Waals surface area contributed by atoms with Gasteiger partial charge in [-0.2, -0.15) is 17.5 Å². The second kappa shape index (κ2) is 9.34. The summed E-state index contributed by atoms with van der Waals surface area (Å²) in [7, 11) is -5.53. The number of halogens is 3. The van der Waals surface area contributed by atoms with Gasteiger partial charge in [0.25, 0.3) is 0 Å². The van der Waals surface area contributed by atoms with E-state index in [1.165, 1.54) is 6.33 Å². The number of hydrogen-bond acceptors (Lipinski definition) is 5. The summed E-state index contributed by atoms with van der Waals surface area (Å²) in [6.45, 7) is 0.553. The fourth-order valence-electron chi connectivity index (χ4n) is 4.46. The lowest BCUT2D eigenvalue weighted by Crippen LogP contribution is -2.48. The first-order valence-electron chi connectivity index (χ1n) is 10.8. The number of nitrogens with zero attached hydrogens (tertiary/aromatic N) is 4. The first kappa shape index (κ1) is 23.6. The van der Waals surface area contributed by atoms with E-state index in [2.05, 4.69) is 9.97 Å². The molecule has 2 aliphatic rings. The maximum Gasteiger partial charge on any atom is 0.511 e. The highest BCUT2D eigenvalue weighted by Gasteiger charge is 2.51. The van der Waals surface area contributed by atoms with E-state index >= 15 is 0 Å². The van der Waals surface area contributed by atoms with Crippen LogP contribution in [0.1, 0.15) is 36.9 Å². The molecule has 2 aliphatic heterocycles. The second-order valence-corrected chi connectivity index (χ2v) is 10.3. The highest BCUT2D eigenvalue weighted by Crippen LogP contribution is 2.35. The Labute approximate surface area is 190 Å². The largest absolute Gasteiger partial charge is 0.511 e. The predicted octanol–water partition coefficient (Wildman–Crippen LogP) is 2.85. The molecule has 0 spiro atoms. The molecule has 1 aromatic heterocycles. The third-order valence-electron chi connectivity index (χ3n) is 6.18. The average Bonchev–Trinajstić information content (AvgIpc) is 3.22. The fraction of sp³-hybridized carbons (Fsp3) is 0.524. The summed E-state index contributed by atoms with van der Waals surface area (Å²) in [6.07, 6.45) is 5.64. The van der Waals surface area contributed by atoms with Crippen molar-refractivity contribution in [3.8, 4) is 0 Å². The number of carbonyl (C=O) groups is 1. The number of H-pyrrole nitrogens is 1. The maximum absolute atomic E-state index is 13.5. The Morgan fingerprint density at radius 2 is 1.97 bits per heavy atom. The Morgan fingerprint density at radius 1 is 1.18 bits per heavy atom. The lowest BCUT2D eigenvalue weighted by atomic mass is 10.1. The van der Waals surface area contributed by atoms with Gasteiger partial charge in [0.2, 0.25) is 5.91 Å². The van der Waals surface area contributed by atoms with Crippen molar-refractivity contribution in [1.82, 2.24) is 19.2 Å². The van der Waals surface area contributed by atoms with Gasteiger partial charge in [0.1, 0.15) is 0 Å². The predicted molar refractivity (Wildman–Crippen MR) is 115 cm³/mol. The van der Waals surface area contributed by atoms with E-state index in [1.807, 2.05) is 4.90 Å². The molecular formula is C21H26F3N5O3S. The van der Waals surface area contributed by atoms with Crippen LogP contribution in [0.4, 0.5) is 18.9 Å². The third kappa shape index (κ3) is 5.01. The van der Waals surface area contributed by atoms with Crippen LogP contribution in [0.15, 0.2) is 36.8 Å². The van der Waals surface area contributed by atoms with E-state index in [0.717, 1.165) is 18.5 Å². The average molecular weight is 486 g/mol. The molecule has 1 atom stereocenters. The summed E-state index contributed by atoms with van der Waals surface area (Å²) in [5.41, 5.74) is -3.49. The van der Waals surface area contributed by atoms with Gasteiger partial charge < -0.3 is 14.8 Å². The third-order valence-corrected chi connectivity index (χ3v) is 7.73. The minimum absolute atomic E-state index is 0.0233. The maximum atomic E-state index is 13.5. The number of aromatic amines is 1. The molecule has 3 heterocycles. The van der Waals surface area contributed by atoms with Gasteiger partial charge in [-0.1, -0.05) is 18.2 Å². The molecule has 0 radical (unpaired) electrons. The Bertz CT molecular complexity index is 1080. The van der Waals surface area contributed by atoms with Gasteiger partial charge in [-0.3, -0.25) is 4.79 Å². The summed E-state index contributed by atoms with van der Waals surface area (Å²) in [6, 6.07) is 6.30. The van der Waals surface area contributed by atoms with Crippen LogP contribution in [0, 0.1) is 0 Å². The molecule has 12 heteroatoms. The van der Waals surface area contributed by atoms with E-state index in [9.17, 15) is 26.4 Å².